The molecule has 0 aliphatic carbocycles. The Balaban J connectivity index is 2.28. The molecule has 1 fully saturated rings. The fourth-order valence-electron chi connectivity index (χ4n) is 7.59. The van der Waals surface area contributed by atoms with Gasteiger partial charge in [-0.3, -0.25) is 9.59 Å². The lowest BCUT2D eigenvalue weighted by Gasteiger charge is -2.38. The number of carbonyl (C=O) groups is 3. The third-order valence-electron chi connectivity index (χ3n) is 11.7. The highest BCUT2D eigenvalue weighted by Gasteiger charge is 2.47. The van der Waals surface area contributed by atoms with Crippen molar-refractivity contribution in [1.82, 2.24) is 0 Å². The van der Waals surface area contributed by atoms with Crippen LogP contribution in [0.25, 0.3) is 0 Å². The molecule has 6 atom stereocenters. The van der Waals surface area contributed by atoms with Gasteiger partial charge in [0.1, 0.15) is 24.9 Å². The Labute approximate surface area is 388 Å². The molecule has 4 N–H and O–H groups in total. The summed E-state index contributed by atoms with van der Waals surface area (Å²) in [6.07, 6.45) is 43.0. The summed E-state index contributed by atoms with van der Waals surface area (Å²) in [6.45, 7) is 3.78. The highest BCUT2D eigenvalue weighted by atomic mass is 16.7. The summed E-state index contributed by atoms with van der Waals surface area (Å²) in [5.74, 6) is -2.46. The number of esters is 2. The molecule has 0 saturated carbocycles. The first-order valence-corrected chi connectivity index (χ1v) is 25.7. The van der Waals surface area contributed by atoms with Crippen molar-refractivity contribution in [2.75, 3.05) is 13.2 Å². The Morgan fingerprint density at radius 2 is 0.875 bits per heavy atom. The van der Waals surface area contributed by atoms with E-state index in [0.717, 1.165) is 70.6 Å². The van der Waals surface area contributed by atoms with Crippen LogP contribution in [-0.2, 0) is 33.3 Å². The molecule has 0 amide bonds. The molecule has 1 saturated heterocycles. The topological polar surface area (TPSA) is 169 Å². The van der Waals surface area contributed by atoms with Crippen LogP contribution in [0.15, 0.2) is 48.6 Å². The molecule has 1 heterocycles. The third kappa shape index (κ3) is 33.6. The van der Waals surface area contributed by atoms with Gasteiger partial charge in [-0.15, -0.1) is 0 Å². The smallest absolute Gasteiger partial charge is 0.335 e. The number of carbonyl (C=O) groups excluding carboxylic acids is 2. The number of rotatable bonds is 43. The van der Waals surface area contributed by atoms with Gasteiger partial charge in [0.15, 0.2) is 18.5 Å². The maximum absolute atomic E-state index is 12.8. The molecule has 1 rings (SSSR count). The van der Waals surface area contributed by atoms with Crippen LogP contribution in [-0.4, -0.2) is 88.4 Å². The predicted octanol–water partition coefficient (Wildman–Crippen LogP) is 12.1. The van der Waals surface area contributed by atoms with Crippen LogP contribution < -0.4 is 0 Å². The van der Waals surface area contributed by atoms with Crippen molar-refractivity contribution in [3.8, 4) is 0 Å². The number of aliphatic hydroxyl groups is 3. The van der Waals surface area contributed by atoms with Crippen LogP contribution >= 0.6 is 0 Å². The quantitative estimate of drug-likeness (QED) is 0.0261. The lowest BCUT2D eigenvalue weighted by molar-refractivity contribution is -0.298. The molecule has 0 aromatic rings. The Bertz CT molecular complexity index is 1250. The zero-order valence-electron chi connectivity index (χ0n) is 40.3. The normalized spacial score (nSPS) is 19.7. The van der Waals surface area contributed by atoms with Crippen LogP contribution in [0.3, 0.4) is 0 Å². The molecule has 11 nitrogen and oxygen atoms in total. The summed E-state index contributed by atoms with van der Waals surface area (Å²) in [5, 5.41) is 39.9. The molecule has 1 aliphatic rings. The second kappa shape index (κ2) is 42.8. The number of hydrogen-bond acceptors (Lipinski definition) is 10. The van der Waals surface area contributed by atoms with Crippen molar-refractivity contribution >= 4 is 17.9 Å². The highest BCUT2D eigenvalue weighted by molar-refractivity contribution is 5.73. The van der Waals surface area contributed by atoms with Gasteiger partial charge in [0.05, 0.1) is 6.61 Å². The number of carboxylic acid groups (broad SMARTS) is 1. The predicted molar refractivity (Wildman–Crippen MR) is 257 cm³/mol. The Kier molecular flexibility index (Phi) is 39.6. The van der Waals surface area contributed by atoms with Gasteiger partial charge in [-0.1, -0.05) is 178 Å². The number of ether oxygens (including phenoxy) is 4. The van der Waals surface area contributed by atoms with E-state index in [4.69, 9.17) is 18.9 Å². The molecule has 1 aliphatic heterocycles. The molecule has 64 heavy (non-hydrogen) atoms. The standard InChI is InChI=1S/C53H92O11/c1-3-5-7-9-11-13-15-17-19-20-21-22-23-24-25-26-28-29-31-33-35-37-39-41-46(54)61-43-45(44-62-53-50(58)48(56)49(57)51(64-53)52(59)60)63-47(55)42-40-38-36-34-32-30-27-18-16-14-12-10-8-6-4-2/h12,14-15,17-18,20-21,27,45,48-51,53,56-58H,3-11,13,16,19,22-26,28-44H2,1-2H3,(H,59,60)/b14-12-,17-15-,21-20-,27-18-. The van der Waals surface area contributed by atoms with E-state index in [9.17, 15) is 34.8 Å². The molecule has 0 radical (unpaired) electrons. The molecule has 6 unspecified atom stereocenters. The van der Waals surface area contributed by atoms with E-state index < -0.39 is 61.3 Å². The minimum absolute atomic E-state index is 0.166. The van der Waals surface area contributed by atoms with Gasteiger partial charge in [-0.2, -0.15) is 0 Å². The Hall–Kier alpha value is -2.83. The average Bonchev–Trinajstić information content (AvgIpc) is 3.28. The summed E-state index contributed by atoms with van der Waals surface area (Å²) in [5.41, 5.74) is 0. The van der Waals surface area contributed by atoms with Crippen LogP contribution in [0.1, 0.15) is 219 Å². The van der Waals surface area contributed by atoms with E-state index in [2.05, 4.69) is 62.5 Å². The van der Waals surface area contributed by atoms with E-state index >= 15 is 0 Å². The first-order valence-electron chi connectivity index (χ1n) is 25.7. The van der Waals surface area contributed by atoms with Gasteiger partial charge >= 0.3 is 17.9 Å². The number of unbranched alkanes of at least 4 members (excludes halogenated alkanes) is 24. The largest absolute Gasteiger partial charge is 0.479 e. The molecule has 11 heteroatoms. The van der Waals surface area contributed by atoms with Crippen molar-refractivity contribution in [3.05, 3.63) is 48.6 Å². The summed E-state index contributed by atoms with van der Waals surface area (Å²) >= 11 is 0. The van der Waals surface area contributed by atoms with Gasteiger partial charge < -0.3 is 39.4 Å². The SMILES string of the molecule is CCCCC/C=C\C/C=C\CCCCCCCC(=O)OC(COC(=O)CCCCCCCCCCCCC/C=C\C/C=C\CCCCCCC)COC1OC(C(=O)O)C(O)C(O)C1O. The lowest BCUT2D eigenvalue weighted by Crippen LogP contribution is -2.60. The number of hydrogen-bond donors (Lipinski definition) is 4. The molecule has 0 spiro atoms. The molecule has 0 aromatic carbocycles. The molecule has 0 aromatic heterocycles. The van der Waals surface area contributed by atoms with Crippen LogP contribution in [0, 0.1) is 0 Å². The molecule has 370 valence electrons. The highest BCUT2D eigenvalue weighted by Crippen LogP contribution is 2.23. The first-order chi connectivity index (χ1) is 31.2. The summed E-state index contributed by atoms with van der Waals surface area (Å²) in [4.78, 5) is 37.0. The Morgan fingerprint density at radius 3 is 1.33 bits per heavy atom. The fourth-order valence-corrected chi connectivity index (χ4v) is 7.59. The maximum atomic E-state index is 12.8. The minimum Gasteiger partial charge on any atom is -0.479 e. The van der Waals surface area contributed by atoms with Crippen molar-refractivity contribution in [2.24, 2.45) is 0 Å². The molecule has 0 bridgehead atoms. The van der Waals surface area contributed by atoms with Crippen LogP contribution in [0.4, 0.5) is 0 Å². The van der Waals surface area contributed by atoms with Crippen molar-refractivity contribution in [2.45, 2.75) is 256 Å². The van der Waals surface area contributed by atoms with Crippen molar-refractivity contribution in [3.63, 3.8) is 0 Å². The van der Waals surface area contributed by atoms with Crippen LogP contribution in [0.2, 0.25) is 0 Å². The van der Waals surface area contributed by atoms with Gasteiger partial charge in [0.2, 0.25) is 0 Å². The summed E-state index contributed by atoms with van der Waals surface area (Å²) in [7, 11) is 0. The van der Waals surface area contributed by atoms with E-state index in [1.807, 2.05) is 0 Å². The zero-order chi connectivity index (χ0) is 46.7. The lowest BCUT2D eigenvalue weighted by atomic mass is 9.99. The van der Waals surface area contributed by atoms with Crippen LogP contribution in [0.5, 0.6) is 0 Å². The minimum atomic E-state index is -1.86. The van der Waals surface area contributed by atoms with Crippen molar-refractivity contribution in [1.29, 1.82) is 0 Å². The first kappa shape index (κ1) is 59.2. The number of allylic oxidation sites excluding steroid dienone is 8. The second-order valence-corrected chi connectivity index (χ2v) is 17.7. The van der Waals surface area contributed by atoms with Gasteiger partial charge in [0, 0.05) is 12.8 Å². The summed E-state index contributed by atoms with van der Waals surface area (Å²) < 4.78 is 21.8. The number of aliphatic hydroxyl groups excluding tert-OH is 3. The zero-order valence-corrected chi connectivity index (χ0v) is 40.3. The molecular formula is C53H92O11. The van der Waals surface area contributed by atoms with E-state index in [1.54, 1.807) is 0 Å². The maximum Gasteiger partial charge on any atom is 0.335 e. The van der Waals surface area contributed by atoms with E-state index in [-0.39, 0.29) is 19.4 Å². The van der Waals surface area contributed by atoms with Gasteiger partial charge in [-0.05, 0) is 77.0 Å². The number of carboxylic acids is 1. The summed E-state index contributed by atoms with van der Waals surface area (Å²) in [6, 6.07) is 0. The van der Waals surface area contributed by atoms with E-state index in [0.29, 0.717) is 12.8 Å². The van der Waals surface area contributed by atoms with Crippen molar-refractivity contribution < 1.29 is 53.8 Å². The second-order valence-electron chi connectivity index (χ2n) is 17.7. The average molecular weight is 905 g/mol. The van der Waals surface area contributed by atoms with Gasteiger partial charge in [0.25, 0.3) is 0 Å². The number of aliphatic carboxylic acids is 1. The Morgan fingerprint density at radius 1 is 0.484 bits per heavy atom. The fraction of sp³-hybridized carbons (Fsp3) is 0.792. The third-order valence-corrected chi connectivity index (χ3v) is 11.7. The monoisotopic (exact) mass is 905 g/mol. The van der Waals surface area contributed by atoms with Gasteiger partial charge in [-0.25, -0.2) is 4.79 Å². The molecular weight excluding hydrogens is 813 g/mol. The van der Waals surface area contributed by atoms with E-state index in [1.165, 1.54) is 109 Å².